The third-order valence-corrected chi connectivity index (χ3v) is 4.73. The Morgan fingerprint density at radius 3 is 2.77 bits per heavy atom. The van der Waals surface area contributed by atoms with Gasteiger partial charge in [0.15, 0.2) is 0 Å². The first-order valence-electron chi connectivity index (χ1n) is 7.06. The smallest absolute Gasteiger partial charge is 0.254 e. The first kappa shape index (κ1) is 14.8. The van der Waals surface area contributed by atoms with Crippen LogP contribution in [0.25, 0.3) is 10.1 Å². The summed E-state index contributed by atoms with van der Waals surface area (Å²) >= 11 is 1.54. The number of furan rings is 1. The van der Waals surface area contributed by atoms with Crippen LogP contribution in [0.2, 0.25) is 0 Å². The number of fused-ring (bicyclic) bond motifs is 1. The van der Waals surface area contributed by atoms with E-state index >= 15 is 0 Å². The van der Waals surface area contributed by atoms with E-state index in [1.165, 1.54) is 0 Å². The zero-order valence-electron chi connectivity index (χ0n) is 12.4. The van der Waals surface area contributed by atoms with Crippen LogP contribution < -0.4 is 5.32 Å². The molecule has 0 spiro atoms. The Morgan fingerprint density at radius 1 is 1.32 bits per heavy atom. The summed E-state index contributed by atoms with van der Waals surface area (Å²) in [5, 5.41) is 14.1. The van der Waals surface area contributed by atoms with Gasteiger partial charge in [0.05, 0.1) is 5.56 Å². The highest BCUT2D eigenvalue weighted by molar-refractivity contribution is 7.19. The molecule has 1 unspecified atom stereocenters. The number of benzene rings is 1. The van der Waals surface area contributed by atoms with Crippen LogP contribution in [-0.2, 0) is 0 Å². The number of hydrogen-bond donors (Lipinski definition) is 2. The van der Waals surface area contributed by atoms with Crippen LogP contribution in [0.15, 0.2) is 40.8 Å². The molecule has 4 nitrogen and oxygen atoms in total. The van der Waals surface area contributed by atoms with Crippen LogP contribution in [0.5, 0.6) is 0 Å². The molecule has 0 bridgehead atoms. The number of hydrogen-bond acceptors (Lipinski definition) is 4. The topological polar surface area (TPSA) is 62.5 Å². The average molecular weight is 315 g/mol. The van der Waals surface area contributed by atoms with E-state index in [4.69, 9.17) is 4.42 Å². The largest absolute Gasteiger partial charge is 0.466 e. The zero-order chi connectivity index (χ0) is 15.7. The highest BCUT2D eigenvalue weighted by Crippen LogP contribution is 2.29. The minimum atomic E-state index is -0.713. The number of carbonyl (C=O) groups is 1. The maximum atomic E-state index is 12.1. The van der Waals surface area contributed by atoms with Crippen molar-refractivity contribution >= 4 is 27.3 Å². The predicted molar refractivity (Wildman–Crippen MR) is 87.3 cm³/mol. The van der Waals surface area contributed by atoms with Gasteiger partial charge in [-0.15, -0.1) is 11.3 Å². The van der Waals surface area contributed by atoms with Gasteiger partial charge in [0.25, 0.3) is 5.91 Å². The number of thiophene rings is 1. The standard InChI is InChI=1S/C17H17NO3S/c1-10-7-13(11(2)21-10)17(20)18-9-14(19)16-8-12-5-3-4-6-15(12)22-16/h3-8,14,19H,9H2,1-2H3,(H,18,20). The van der Waals surface area contributed by atoms with E-state index in [1.807, 2.05) is 30.3 Å². The van der Waals surface area contributed by atoms with Crippen molar-refractivity contribution in [3.8, 4) is 0 Å². The van der Waals surface area contributed by atoms with Gasteiger partial charge in [0.2, 0.25) is 0 Å². The van der Waals surface area contributed by atoms with Crippen molar-refractivity contribution in [3.63, 3.8) is 0 Å². The molecule has 114 valence electrons. The quantitative estimate of drug-likeness (QED) is 0.773. The number of aliphatic hydroxyl groups is 1. The van der Waals surface area contributed by atoms with Crippen molar-refractivity contribution in [3.05, 3.63) is 58.4 Å². The van der Waals surface area contributed by atoms with Crippen LogP contribution in [0.3, 0.4) is 0 Å². The highest BCUT2D eigenvalue weighted by Gasteiger charge is 2.16. The van der Waals surface area contributed by atoms with Crippen molar-refractivity contribution in [1.29, 1.82) is 0 Å². The van der Waals surface area contributed by atoms with E-state index in [0.717, 1.165) is 15.0 Å². The third-order valence-electron chi connectivity index (χ3n) is 3.51. The van der Waals surface area contributed by atoms with Crippen LogP contribution in [0, 0.1) is 13.8 Å². The minimum absolute atomic E-state index is 0.176. The van der Waals surface area contributed by atoms with Crippen LogP contribution in [0.4, 0.5) is 0 Å². The Hall–Kier alpha value is -2.11. The fraction of sp³-hybridized carbons (Fsp3) is 0.235. The molecule has 0 radical (unpaired) electrons. The van der Waals surface area contributed by atoms with Crippen molar-refractivity contribution < 1.29 is 14.3 Å². The summed E-state index contributed by atoms with van der Waals surface area (Å²) in [6, 6.07) is 11.6. The van der Waals surface area contributed by atoms with Gasteiger partial charge in [0, 0.05) is 16.1 Å². The number of nitrogens with one attached hydrogen (secondary N) is 1. The summed E-state index contributed by atoms with van der Waals surface area (Å²) in [7, 11) is 0. The summed E-state index contributed by atoms with van der Waals surface area (Å²) < 4.78 is 6.47. The molecule has 0 fully saturated rings. The van der Waals surface area contributed by atoms with E-state index in [-0.39, 0.29) is 12.5 Å². The molecule has 0 aliphatic carbocycles. The van der Waals surface area contributed by atoms with Gasteiger partial charge >= 0.3 is 0 Å². The highest BCUT2D eigenvalue weighted by atomic mass is 32.1. The Labute approximate surface area is 132 Å². The van der Waals surface area contributed by atoms with Crippen molar-refractivity contribution in [2.45, 2.75) is 20.0 Å². The number of rotatable bonds is 4. The molecule has 0 aliphatic rings. The minimum Gasteiger partial charge on any atom is -0.466 e. The van der Waals surface area contributed by atoms with E-state index in [2.05, 4.69) is 5.32 Å². The van der Waals surface area contributed by atoms with Crippen molar-refractivity contribution in [1.82, 2.24) is 5.32 Å². The molecule has 3 rings (SSSR count). The molecule has 0 saturated heterocycles. The van der Waals surface area contributed by atoms with E-state index in [9.17, 15) is 9.90 Å². The Kier molecular flexibility index (Phi) is 4.00. The SMILES string of the molecule is Cc1cc(C(=O)NCC(O)c2cc3ccccc3s2)c(C)o1. The number of aliphatic hydroxyl groups excluding tert-OH is 1. The summed E-state index contributed by atoms with van der Waals surface area (Å²) in [5.41, 5.74) is 0.515. The van der Waals surface area contributed by atoms with Crippen molar-refractivity contribution in [2.75, 3.05) is 6.54 Å². The summed E-state index contributed by atoms with van der Waals surface area (Å²) in [6.07, 6.45) is -0.713. The van der Waals surface area contributed by atoms with Crippen molar-refractivity contribution in [2.24, 2.45) is 0 Å². The molecule has 5 heteroatoms. The summed E-state index contributed by atoms with van der Waals surface area (Å²) in [6.45, 7) is 3.73. The van der Waals surface area contributed by atoms with Gasteiger partial charge in [-0.05, 0) is 37.4 Å². The number of aryl methyl sites for hydroxylation is 2. The maximum Gasteiger partial charge on any atom is 0.254 e. The molecule has 0 aliphatic heterocycles. The molecule has 1 atom stereocenters. The summed E-state index contributed by atoms with van der Waals surface area (Å²) in [4.78, 5) is 13.0. The summed E-state index contributed by atoms with van der Waals surface area (Å²) in [5.74, 6) is 1.06. The Bertz CT molecular complexity index is 785. The Balaban J connectivity index is 1.68. The lowest BCUT2D eigenvalue weighted by atomic mass is 10.2. The molecule has 2 N–H and O–H groups in total. The van der Waals surface area contributed by atoms with Gasteiger partial charge in [-0.2, -0.15) is 0 Å². The van der Waals surface area contributed by atoms with Crippen LogP contribution >= 0.6 is 11.3 Å². The maximum absolute atomic E-state index is 12.1. The van der Waals surface area contributed by atoms with Gasteiger partial charge in [-0.25, -0.2) is 0 Å². The molecule has 1 aromatic carbocycles. The van der Waals surface area contributed by atoms with Gasteiger partial charge in [-0.1, -0.05) is 18.2 Å². The Morgan fingerprint density at radius 2 is 2.09 bits per heavy atom. The predicted octanol–water partition coefficient (Wildman–Crippen LogP) is 3.57. The third kappa shape index (κ3) is 2.91. The van der Waals surface area contributed by atoms with E-state index in [1.54, 1.807) is 31.3 Å². The first-order valence-corrected chi connectivity index (χ1v) is 7.88. The fourth-order valence-electron chi connectivity index (χ4n) is 2.41. The lowest BCUT2D eigenvalue weighted by molar-refractivity contribution is 0.0916. The van der Waals surface area contributed by atoms with E-state index < -0.39 is 6.10 Å². The average Bonchev–Trinajstić information content (AvgIpc) is 3.07. The van der Waals surface area contributed by atoms with Gasteiger partial charge in [0.1, 0.15) is 17.6 Å². The molecule has 2 heterocycles. The first-order chi connectivity index (χ1) is 10.5. The molecular formula is C17H17NO3S. The lowest BCUT2D eigenvalue weighted by Crippen LogP contribution is -2.28. The van der Waals surface area contributed by atoms with Gasteiger partial charge < -0.3 is 14.8 Å². The van der Waals surface area contributed by atoms with E-state index in [0.29, 0.717) is 17.1 Å². The molecule has 0 saturated carbocycles. The second-order valence-electron chi connectivity index (χ2n) is 5.24. The molecule has 3 aromatic rings. The second-order valence-corrected chi connectivity index (χ2v) is 6.35. The van der Waals surface area contributed by atoms with Crippen LogP contribution in [0.1, 0.15) is 32.9 Å². The molecule has 22 heavy (non-hydrogen) atoms. The fourth-order valence-corrected chi connectivity index (χ4v) is 3.46. The van der Waals surface area contributed by atoms with Crippen LogP contribution in [-0.4, -0.2) is 17.6 Å². The number of amides is 1. The lowest BCUT2D eigenvalue weighted by Gasteiger charge is -2.09. The molecule has 2 aromatic heterocycles. The van der Waals surface area contributed by atoms with Gasteiger partial charge in [-0.3, -0.25) is 4.79 Å². The normalized spacial score (nSPS) is 12.5. The second kappa shape index (κ2) is 5.94. The molecule has 1 amide bonds. The number of carbonyl (C=O) groups excluding carboxylic acids is 1. The molecular weight excluding hydrogens is 298 g/mol. The zero-order valence-corrected chi connectivity index (χ0v) is 13.2. The monoisotopic (exact) mass is 315 g/mol.